The number of ether oxygens (including phenoxy) is 2. The molecular formula is C14H14N2O4S. The van der Waals surface area contributed by atoms with Crippen LogP contribution in [-0.2, 0) is 0 Å². The Morgan fingerprint density at radius 1 is 1.24 bits per heavy atom. The highest BCUT2D eigenvalue weighted by atomic mass is 32.2. The normalized spacial score (nSPS) is 10.1. The van der Waals surface area contributed by atoms with Crippen molar-refractivity contribution >= 4 is 23.1 Å². The molecule has 0 aliphatic carbocycles. The molecule has 2 aromatic carbocycles. The lowest BCUT2D eigenvalue weighted by Crippen LogP contribution is -1.98. The molecule has 0 bridgehead atoms. The van der Waals surface area contributed by atoms with Crippen molar-refractivity contribution in [2.75, 3.05) is 18.8 Å². The molecule has 0 aromatic heterocycles. The van der Waals surface area contributed by atoms with Crippen LogP contribution in [0.3, 0.4) is 0 Å². The van der Waals surface area contributed by atoms with E-state index in [1.807, 2.05) is 18.2 Å². The zero-order valence-electron chi connectivity index (χ0n) is 11.3. The molecule has 0 saturated heterocycles. The summed E-state index contributed by atoms with van der Waals surface area (Å²) in [6, 6.07) is 11.6. The maximum atomic E-state index is 10.8. The van der Waals surface area contributed by atoms with Gasteiger partial charge in [0.05, 0.1) is 18.1 Å². The van der Waals surface area contributed by atoms with Crippen LogP contribution in [0.5, 0.6) is 11.5 Å². The fourth-order valence-electron chi connectivity index (χ4n) is 1.66. The van der Waals surface area contributed by atoms with Gasteiger partial charge in [0.1, 0.15) is 5.94 Å². The third-order valence-corrected chi connectivity index (χ3v) is 3.62. The smallest absolute Gasteiger partial charge is 0.273 e. The van der Waals surface area contributed by atoms with Gasteiger partial charge in [-0.15, -0.1) is 0 Å². The average Bonchev–Trinajstić information content (AvgIpc) is 2.49. The summed E-state index contributed by atoms with van der Waals surface area (Å²) in [5.74, 6) is 1.04. The summed E-state index contributed by atoms with van der Waals surface area (Å²) in [7, 11) is 1.48. The van der Waals surface area contributed by atoms with Crippen LogP contribution in [0.2, 0.25) is 0 Å². The second-order valence-electron chi connectivity index (χ2n) is 4.04. The lowest BCUT2D eigenvalue weighted by molar-refractivity contribution is -0.384. The first-order valence-electron chi connectivity index (χ1n) is 6.04. The van der Waals surface area contributed by atoms with E-state index in [9.17, 15) is 10.1 Å². The first kappa shape index (κ1) is 15.0. The molecule has 21 heavy (non-hydrogen) atoms. The number of hydrogen-bond donors (Lipinski definition) is 1. The monoisotopic (exact) mass is 306 g/mol. The SMILES string of the molecule is COc1ccc([N+](=O)[O-])cc1OCSc1ccccc1N. The predicted molar refractivity (Wildman–Crippen MR) is 81.9 cm³/mol. The topological polar surface area (TPSA) is 87.6 Å². The quantitative estimate of drug-likeness (QED) is 0.289. The Morgan fingerprint density at radius 2 is 2.00 bits per heavy atom. The average molecular weight is 306 g/mol. The lowest BCUT2D eigenvalue weighted by atomic mass is 10.3. The maximum absolute atomic E-state index is 10.8. The number of thioether (sulfide) groups is 1. The maximum Gasteiger partial charge on any atom is 0.273 e. The van der Waals surface area contributed by atoms with E-state index in [1.54, 1.807) is 6.07 Å². The molecule has 2 rings (SSSR count). The zero-order valence-corrected chi connectivity index (χ0v) is 12.1. The Bertz CT molecular complexity index is 649. The Balaban J connectivity index is 2.07. The number of nitrogens with zero attached hydrogens (tertiary/aromatic N) is 1. The number of para-hydroxylation sites is 1. The zero-order chi connectivity index (χ0) is 15.2. The van der Waals surface area contributed by atoms with Crippen molar-refractivity contribution in [1.82, 2.24) is 0 Å². The van der Waals surface area contributed by atoms with Gasteiger partial charge in [-0.05, 0) is 18.2 Å². The fourth-order valence-corrected chi connectivity index (χ4v) is 2.38. The third kappa shape index (κ3) is 3.79. The number of nitro benzene ring substituents is 1. The standard InChI is InChI=1S/C14H14N2O4S/c1-19-12-7-6-10(16(17)18)8-13(12)20-9-21-14-5-3-2-4-11(14)15/h2-8H,9,15H2,1H3. The molecule has 0 fully saturated rings. The van der Waals surface area contributed by atoms with E-state index in [-0.39, 0.29) is 11.6 Å². The number of nitrogens with two attached hydrogens (primary N) is 1. The molecule has 2 N–H and O–H groups in total. The molecule has 0 unspecified atom stereocenters. The summed E-state index contributed by atoms with van der Waals surface area (Å²) in [5, 5.41) is 10.8. The van der Waals surface area contributed by atoms with Crippen molar-refractivity contribution in [2.24, 2.45) is 0 Å². The van der Waals surface area contributed by atoms with Gasteiger partial charge >= 0.3 is 0 Å². The van der Waals surface area contributed by atoms with Crippen LogP contribution in [0.15, 0.2) is 47.4 Å². The molecule has 0 aliphatic heterocycles. The van der Waals surface area contributed by atoms with Crippen LogP contribution in [-0.4, -0.2) is 18.0 Å². The molecule has 0 heterocycles. The van der Waals surface area contributed by atoms with E-state index < -0.39 is 4.92 Å². The molecule has 6 nitrogen and oxygen atoms in total. The molecular weight excluding hydrogens is 292 g/mol. The van der Waals surface area contributed by atoms with Gasteiger partial charge in [0.2, 0.25) is 0 Å². The molecule has 0 atom stereocenters. The fraction of sp³-hybridized carbons (Fsp3) is 0.143. The van der Waals surface area contributed by atoms with Gasteiger partial charge in [0, 0.05) is 16.6 Å². The van der Waals surface area contributed by atoms with E-state index in [4.69, 9.17) is 15.2 Å². The van der Waals surface area contributed by atoms with Crippen LogP contribution in [0.1, 0.15) is 0 Å². The van der Waals surface area contributed by atoms with Gasteiger partial charge in [-0.2, -0.15) is 0 Å². The molecule has 0 saturated carbocycles. The van der Waals surface area contributed by atoms with Crippen molar-refractivity contribution < 1.29 is 14.4 Å². The Morgan fingerprint density at radius 3 is 2.67 bits per heavy atom. The van der Waals surface area contributed by atoms with Gasteiger partial charge in [-0.3, -0.25) is 10.1 Å². The van der Waals surface area contributed by atoms with Gasteiger partial charge < -0.3 is 15.2 Å². The Labute approximate surface area is 126 Å². The van der Waals surface area contributed by atoms with Gasteiger partial charge in [-0.1, -0.05) is 23.9 Å². The summed E-state index contributed by atoms with van der Waals surface area (Å²) in [5.41, 5.74) is 6.45. The van der Waals surface area contributed by atoms with Crippen LogP contribution in [0.4, 0.5) is 11.4 Å². The van der Waals surface area contributed by atoms with Crippen LogP contribution < -0.4 is 15.2 Å². The highest BCUT2D eigenvalue weighted by molar-refractivity contribution is 7.99. The van der Waals surface area contributed by atoms with Gasteiger partial charge in [-0.25, -0.2) is 0 Å². The highest BCUT2D eigenvalue weighted by Gasteiger charge is 2.12. The third-order valence-electron chi connectivity index (χ3n) is 2.71. The minimum atomic E-state index is -0.478. The second-order valence-corrected chi connectivity index (χ2v) is 5.00. The minimum absolute atomic E-state index is 0.0463. The number of benzene rings is 2. The number of anilines is 1. The van der Waals surface area contributed by atoms with Crippen molar-refractivity contribution in [3.05, 3.63) is 52.6 Å². The van der Waals surface area contributed by atoms with Crippen LogP contribution >= 0.6 is 11.8 Å². The molecule has 7 heteroatoms. The second kappa shape index (κ2) is 6.85. The molecule has 0 aliphatic rings. The van der Waals surface area contributed by atoms with Crippen molar-refractivity contribution in [2.45, 2.75) is 4.90 Å². The van der Waals surface area contributed by atoms with Crippen molar-refractivity contribution in [1.29, 1.82) is 0 Å². The highest BCUT2D eigenvalue weighted by Crippen LogP contribution is 2.33. The van der Waals surface area contributed by atoms with Crippen LogP contribution in [0, 0.1) is 10.1 Å². The largest absolute Gasteiger partial charge is 0.493 e. The minimum Gasteiger partial charge on any atom is -0.493 e. The molecule has 110 valence electrons. The van der Waals surface area contributed by atoms with E-state index in [2.05, 4.69) is 0 Å². The first-order chi connectivity index (χ1) is 10.1. The number of non-ortho nitro benzene ring substituents is 1. The van der Waals surface area contributed by atoms with E-state index in [1.165, 1.54) is 37.1 Å². The Kier molecular flexibility index (Phi) is 4.89. The number of nitrogen functional groups attached to an aromatic ring is 1. The molecule has 0 spiro atoms. The number of rotatable bonds is 6. The molecule has 2 aromatic rings. The van der Waals surface area contributed by atoms with E-state index in [0.717, 1.165) is 4.90 Å². The summed E-state index contributed by atoms with van der Waals surface area (Å²) in [6.07, 6.45) is 0. The van der Waals surface area contributed by atoms with Crippen molar-refractivity contribution in [3.63, 3.8) is 0 Å². The van der Waals surface area contributed by atoms with Crippen molar-refractivity contribution in [3.8, 4) is 11.5 Å². The summed E-state index contributed by atoms with van der Waals surface area (Å²) < 4.78 is 10.7. The Hall–Kier alpha value is -2.41. The van der Waals surface area contributed by atoms with E-state index in [0.29, 0.717) is 17.2 Å². The van der Waals surface area contributed by atoms with Crippen LogP contribution in [0.25, 0.3) is 0 Å². The number of hydrogen-bond acceptors (Lipinski definition) is 6. The van der Waals surface area contributed by atoms with Gasteiger partial charge in [0.25, 0.3) is 5.69 Å². The molecule has 0 radical (unpaired) electrons. The van der Waals surface area contributed by atoms with E-state index >= 15 is 0 Å². The van der Waals surface area contributed by atoms with Gasteiger partial charge in [0.15, 0.2) is 11.5 Å². The molecule has 0 amide bonds. The summed E-state index contributed by atoms with van der Waals surface area (Å²) in [6.45, 7) is 0. The lowest BCUT2D eigenvalue weighted by Gasteiger charge is -2.10. The number of methoxy groups -OCH3 is 1. The summed E-state index contributed by atoms with van der Waals surface area (Å²) in [4.78, 5) is 11.2. The predicted octanol–water partition coefficient (Wildman–Crippen LogP) is 3.31. The summed E-state index contributed by atoms with van der Waals surface area (Å²) >= 11 is 1.40. The first-order valence-corrected chi connectivity index (χ1v) is 7.03. The number of nitro groups is 1.